The molecule has 1 fully saturated rings. The van der Waals surface area contributed by atoms with Crippen LogP contribution in [0.2, 0.25) is 0 Å². The number of rotatable bonds is 2. The van der Waals surface area contributed by atoms with E-state index in [2.05, 4.69) is 17.1 Å². The van der Waals surface area contributed by atoms with Crippen LogP contribution in [0.15, 0.2) is 18.2 Å². The van der Waals surface area contributed by atoms with Crippen LogP contribution >= 0.6 is 0 Å². The normalized spacial score (nSPS) is 21.1. The van der Waals surface area contributed by atoms with Crippen molar-refractivity contribution in [3.63, 3.8) is 0 Å². The molecule has 1 aliphatic heterocycles. The van der Waals surface area contributed by atoms with Gasteiger partial charge in [0.15, 0.2) is 0 Å². The molecule has 0 radical (unpaired) electrons. The van der Waals surface area contributed by atoms with Gasteiger partial charge in [-0.05, 0) is 32.0 Å². The first-order chi connectivity index (χ1) is 8.20. The second-order valence-electron chi connectivity index (χ2n) is 4.47. The van der Waals surface area contributed by atoms with Gasteiger partial charge in [-0.15, -0.1) is 0 Å². The molecule has 2 rings (SSSR count). The molecule has 1 N–H and O–H groups in total. The number of methoxy groups -OCH3 is 1. The molecule has 1 aliphatic rings. The standard InChI is InChI=1S/C13H19FN2O/c1-10-9-16(7-3-6-15-10)13-8-11(17-2)4-5-12(13)14/h4-5,8,10,15H,3,6-7,9H2,1-2H3. The number of anilines is 1. The topological polar surface area (TPSA) is 24.5 Å². The Bertz CT molecular complexity index is 384. The summed E-state index contributed by atoms with van der Waals surface area (Å²) >= 11 is 0. The summed E-state index contributed by atoms with van der Waals surface area (Å²) in [4.78, 5) is 2.09. The van der Waals surface area contributed by atoms with Crippen LogP contribution in [0.3, 0.4) is 0 Å². The van der Waals surface area contributed by atoms with Crippen LogP contribution in [0, 0.1) is 5.82 Å². The van der Waals surface area contributed by atoms with Gasteiger partial charge in [-0.1, -0.05) is 0 Å². The molecule has 1 unspecified atom stereocenters. The van der Waals surface area contributed by atoms with E-state index in [0.717, 1.165) is 26.1 Å². The number of benzene rings is 1. The summed E-state index contributed by atoms with van der Waals surface area (Å²) in [5.41, 5.74) is 0.639. The number of nitrogens with zero attached hydrogens (tertiary/aromatic N) is 1. The summed E-state index contributed by atoms with van der Waals surface area (Å²) in [5.74, 6) is 0.520. The third-order valence-electron chi connectivity index (χ3n) is 3.09. The first kappa shape index (κ1) is 12.2. The van der Waals surface area contributed by atoms with Gasteiger partial charge in [0.25, 0.3) is 0 Å². The number of ether oxygens (including phenoxy) is 1. The van der Waals surface area contributed by atoms with Crippen LogP contribution < -0.4 is 15.0 Å². The maximum absolute atomic E-state index is 13.8. The Morgan fingerprint density at radius 3 is 3.06 bits per heavy atom. The first-order valence-electron chi connectivity index (χ1n) is 6.02. The Hall–Kier alpha value is -1.29. The van der Waals surface area contributed by atoms with Gasteiger partial charge in [0.1, 0.15) is 11.6 Å². The van der Waals surface area contributed by atoms with Crippen molar-refractivity contribution in [2.75, 3.05) is 31.6 Å². The molecule has 1 heterocycles. The van der Waals surface area contributed by atoms with E-state index in [4.69, 9.17) is 4.74 Å². The summed E-state index contributed by atoms with van der Waals surface area (Å²) in [6.07, 6.45) is 1.03. The Morgan fingerprint density at radius 2 is 2.29 bits per heavy atom. The summed E-state index contributed by atoms with van der Waals surface area (Å²) in [6, 6.07) is 5.27. The van der Waals surface area contributed by atoms with E-state index < -0.39 is 0 Å². The molecule has 0 amide bonds. The zero-order chi connectivity index (χ0) is 12.3. The van der Waals surface area contributed by atoms with Crippen molar-refractivity contribution in [2.45, 2.75) is 19.4 Å². The van der Waals surface area contributed by atoms with Gasteiger partial charge in [0, 0.05) is 25.2 Å². The van der Waals surface area contributed by atoms with Crippen molar-refractivity contribution in [1.82, 2.24) is 5.32 Å². The van der Waals surface area contributed by atoms with Crippen LogP contribution in [0.1, 0.15) is 13.3 Å². The molecule has 1 aromatic carbocycles. The van der Waals surface area contributed by atoms with Crippen LogP contribution in [0.4, 0.5) is 10.1 Å². The molecule has 0 saturated carbocycles. The number of hydrogen-bond donors (Lipinski definition) is 1. The second kappa shape index (κ2) is 5.36. The fraction of sp³-hybridized carbons (Fsp3) is 0.538. The third kappa shape index (κ3) is 2.88. The lowest BCUT2D eigenvalue weighted by atomic mass is 10.2. The molecule has 0 spiro atoms. The van der Waals surface area contributed by atoms with E-state index in [-0.39, 0.29) is 5.82 Å². The van der Waals surface area contributed by atoms with Crippen LogP contribution in [-0.4, -0.2) is 32.8 Å². The first-order valence-corrected chi connectivity index (χ1v) is 6.02. The fourth-order valence-electron chi connectivity index (χ4n) is 2.19. The average Bonchev–Trinajstić information content (AvgIpc) is 2.54. The molecule has 1 aromatic rings. The van der Waals surface area contributed by atoms with E-state index in [1.54, 1.807) is 19.2 Å². The van der Waals surface area contributed by atoms with E-state index in [1.165, 1.54) is 6.07 Å². The zero-order valence-corrected chi connectivity index (χ0v) is 10.4. The van der Waals surface area contributed by atoms with Gasteiger partial charge in [0.05, 0.1) is 12.8 Å². The Kier molecular flexibility index (Phi) is 3.84. The Balaban J connectivity index is 2.24. The van der Waals surface area contributed by atoms with E-state index in [0.29, 0.717) is 17.5 Å². The summed E-state index contributed by atoms with van der Waals surface area (Å²) in [6.45, 7) is 4.81. The molecular weight excluding hydrogens is 219 g/mol. The minimum absolute atomic E-state index is 0.181. The van der Waals surface area contributed by atoms with Gasteiger partial charge >= 0.3 is 0 Å². The minimum Gasteiger partial charge on any atom is -0.497 e. The van der Waals surface area contributed by atoms with Crippen molar-refractivity contribution in [3.05, 3.63) is 24.0 Å². The molecule has 4 heteroatoms. The Morgan fingerprint density at radius 1 is 1.47 bits per heavy atom. The van der Waals surface area contributed by atoms with Gasteiger partial charge in [-0.2, -0.15) is 0 Å². The fourth-order valence-corrected chi connectivity index (χ4v) is 2.19. The Labute approximate surface area is 102 Å². The predicted molar refractivity (Wildman–Crippen MR) is 67.2 cm³/mol. The summed E-state index contributed by atoms with van der Waals surface area (Å²) in [5, 5.41) is 3.40. The minimum atomic E-state index is -0.181. The van der Waals surface area contributed by atoms with E-state index in [1.807, 2.05) is 0 Å². The summed E-state index contributed by atoms with van der Waals surface area (Å²) < 4.78 is 19.0. The third-order valence-corrected chi connectivity index (χ3v) is 3.09. The number of halogens is 1. The predicted octanol–water partition coefficient (Wildman–Crippen LogP) is 2.02. The zero-order valence-electron chi connectivity index (χ0n) is 10.4. The van der Waals surface area contributed by atoms with Crippen molar-refractivity contribution < 1.29 is 9.13 Å². The maximum atomic E-state index is 13.8. The van der Waals surface area contributed by atoms with E-state index >= 15 is 0 Å². The quantitative estimate of drug-likeness (QED) is 0.853. The molecule has 3 nitrogen and oxygen atoms in total. The molecule has 17 heavy (non-hydrogen) atoms. The maximum Gasteiger partial charge on any atom is 0.146 e. The average molecular weight is 238 g/mol. The van der Waals surface area contributed by atoms with Crippen molar-refractivity contribution >= 4 is 5.69 Å². The molecule has 0 bridgehead atoms. The second-order valence-corrected chi connectivity index (χ2v) is 4.47. The molecule has 1 atom stereocenters. The molecule has 0 aromatic heterocycles. The highest BCUT2D eigenvalue weighted by molar-refractivity contribution is 5.52. The largest absolute Gasteiger partial charge is 0.497 e. The highest BCUT2D eigenvalue weighted by Crippen LogP contribution is 2.25. The summed E-state index contributed by atoms with van der Waals surface area (Å²) in [7, 11) is 1.60. The highest BCUT2D eigenvalue weighted by atomic mass is 19.1. The van der Waals surface area contributed by atoms with Gasteiger partial charge in [-0.25, -0.2) is 4.39 Å². The van der Waals surface area contributed by atoms with Crippen molar-refractivity contribution in [2.24, 2.45) is 0 Å². The number of hydrogen-bond acceptors (Lipinski definition) is 3. The van der Waals surface area contributed by atoms with Gasteiger partial charge in [0.2, 0.25) is 0 Å². The van der Waals surface area contributed by atoms with Gasteiger partial charge in [-0.3, -0.25) is 0 Å². The van der Waals surface area contributed by atoms with Crippen molar-refractivity contribution in [1.29, 1.82) is 0 Å². The van der Waals surface area contributed by atoms with Crippen LogP contribution in [0.5, 0.6) is 5.75 Å². The molecule has 94 valence electrons. The lowest BCUT2D eigenvalue weighted by Gasteiger charge is -2.25. The number of nitrogens with one attached hydrogen (secondary N) is 1. The van der Waals surface area contributed by atoms with E-state index in [9.17, 15) is 4.39 Å². The molecular formula is C13H19FN2O. The lowest BCUT2D eigenvalue weighted by Crippen LogP contribution is -2.35. The lowest BCUT2D eigenvalue weighted by molar-refractivity contribution is 0.413. The van der Waals surface area contributed by atoms with Crippen LogP contribution in [-0.2, 0) is 0 Å². The highest BCUT2D eigenvalue weighted by Gasteiger charge is 2.17. The SMILES string of the molecule is COc1ccc(F)c(N2CCCNC(C)C2)c1. The monoisotopic (exact) mass is 238 g/mol. The smallest absolute Gasteiger partial charge is 0.146 e. The van der Waals surface area contributed by atoms with Gasteiger partial charge < -0.3 is 15.0 Å². The molecule has 0 aliphatic carbocycles. The van der Waals surface area contributed by atoms with Crippen molar-refractivity contribution in [3.8, 4) is 5.75 Å². The molecule has 1 saturated heterocycles. The van der Waals surface area contributed by atoms with Crippen LogP contribution in [0.25, 0.3) is 0 Å².